The van der Waals surface area contributed by atoms with E-state index in [9.17, 15) is 4.79 Å². The Morgan fingerprint density at radius 3 is 1.57 bits per heavy atom. The fourth-order valence-corrected chi connectivity index (χ4v) is 0.250. The number of ketones is 1. The van der Waals surface area contributed by atoms with E-state index >= 15 is 0 Å². The van der Waals surface area contributed by atoms with Crippen molar-refractivity contribution >= 4 is 43.5 Å². The van der Waals surface area contributed by atoms with Crippen LogP contribution in [-0.4, -0.2) is 43.5 Å². The van der Waals surface area contributed by atoms with Crippen molar-refractivity contribution in [1.29, 1.82) is 0 Å². The summed E-state index contributed by atoms with van der Waals surface area (Å²) in [6.45, 7) is 3.76. The molecule has 0 aromatic heterocycles. The number of hydrogen-bond donors (Lipinski definition) is 0. The zero-order valence-electron chi connectivity index (χ0n) is 4.32. The molecule has 0 fully saturated rings. The van der Waals surface area contributed by atoms with Gasteiger partial charge in [0.2, 0.25) is 0 Å². The Morgan fingerprint density at radius 2 is 1.57 bits per heavy atom. The van der Waals surface area contributed by atoms with Gasteiger partial charge in [-0.15, -0.1) is 0 Å². The Hall–Kier alpha value is 0.930. The third kappa shape index (κ3) is 6.93. The Kier molecular flexibility index (Phi) is 10.7. The predicted molar refractivity (Wildman–Crippen MR) is 34.1 cm³/mol. The number of carbonyl (C=O) groups excluding carboxylic acids is 1. The zero-order valence-corrected chi connectivity index (χ0v) is 4.32. The standard InChI is InChI=1S/C5H10O.Ca.2H/c1-3-5(6)4-2;;;/h3-4H2,1-2H3;;;. The molecule has 0 spiro atoms. The molecule has 0 heterocycles. The van der Waals surface area contributed by atoms with Crippen LogP contribution >= 0.6 is 0 Å². The molecule has 0 amide bonds. The molecule has 0 N–H and O–H groups in total. The first-order valence-corrected chi connectivity index (χ1v) is 2.33. The molecule has 0 saturated carbocycles. The van der Waals surface area contributed by atoms with Gasteiger partial charge in [-0.3, -0.25) is 4.79 Å². The Labute approximate surface area is 74.5 Å². The number of carbonyl (C=O) groups is 1. The normalized spacial score (nSPS) is 7.14. The average Bonchev–Trinajstić information content (AvgIpc) is 1.65. The van der Waals surface area contributed by atoms with Crippen LogP contribution in [0, 0.1) is 0 Å². The number of Topliss-reactive ketones (excluding diaryl/α,β-unsaturated/α-hetero) is 1. The van der Waals surface area contributed by atoms with Crippen molar-refractivity contribution in [3.8, 4) is 0 Å². The monoisotopic (exact) mass is 128 g/mol. The van der Waals surface area contributed by atoms with Crippen LogP contribution in [0.15, 0.2) is 0 Å². The molecule has 0 aliphatic heterocycles. The van der Waals surface area contributed by atoms with Crippen LogP contribution in [0.3, 0.4) is 0 Å². The van der Waals surface area contributed by atoms with Gasteiger partial charge in [0, 0.05) is 12.8 Å². The molecule has 0 rings (SSSR count). The summed E-state index contributed by atoms with van der Waals surface area (Å²) in [5, 5.41) is 0. The SMILES string of the molecule is CCC(=O)CC.[CaH2]. The van der Waals surface area contributed by atoms with E-state index in [2.05, 4.69) is 0 Å². The first-order chi connectivity index (χ1) is 2.81. The molecular weight excluding hydrogens is 116 g/mol. The molecule has 1 nitrogen and oxygen atoms in total. The Bertz CT molecular complexity index is 46.0. The van der Waals surface area contributed by atoms with Gasteiger partial charge in [0.1, 0.15) is 5.78 Å². The van der Waals surface area contributed by atoms with Crippen molar-refractivity contribution < 1.29 is 4.79 Å². The third-order valence-electron chi connectivity index (χ3n) is 0.789. The van der Waals surface area contributed by atoms with E-state index < -0.39 is 0 Å². The van der Waals surface area contributed by atoms with Crippen molar-refractivity contribution in [1.82, 2.24) is 0 Å². The molecule has 0 aromatic rings. The third-order valence-corrected chi connectivity index (χ3v) is 0.789. The minimum atomic E-state index is 0. The molecular formula is C5H12CaO. The van der Waals surface area contributed by atoms with Gasteiger partial charge >= 0.3 is 37.7 Å². The summed E-state index contributed by atoms with van der Waals surface area (Å²) in [5.41, 5.74) is 0. The van der Waals surface area contributed by atoms with Gasteiger partial charge in [-0.1, -0.05) is 13.8 Å². The molecule has 0 saturated heterocycles. The Morgan fingerprint density at radius 1 is 1.29 bits per heavy atom. The second kappa shape index (κ2) is 6.93. The molecule has 0 bridgehead atoms. The summed E-state index contributed by atoms with van der Waals surface area (Å²) in [6, 6.07) is 0. The van der Waals surface area contributed by atoms with E-state index in [0.717, 1.165) is 0 Å². The van der Waals surface area contributed by atoms with E-state index in [0.29, 0.717) is 18.6 Å². The summed E-state index contributed by atoms with van der Waals surface area (Å²) in [5.74, 6) is 0.343. The molecule has 0 aliphatic rings. The topological polar surface area (TPSA) is 17.1 Å². The molecule has 7 heavy (non-hydrogen) atoms. The van der Waals surface area contributed by atoms with Crippen LogP contribution in [-0.2, 0) is 4.79 Å². The average molecular weight is 128 g/mol. The van der Waals surface area contributed by atoms with Gasteiger partial charge in [0.25, 0.3) is 0 Å². The first-order valence-electron chi connectivity index (χ1n) is 2.33. The van der Waals surface area contributed by atoms with Gasteiger partial charge in [-0.2, -0.15) is 0 Å². The van der Waals surface area contributed by atoms with Crippen molar-refractivity contribution in [3.63, 3.8) is 0 Å². The molecule has 0 unspecified atom stereocenters. The first kappa shape index (κ1) is 10.8. The maximum atomic E-state index is 10.2. The second-order valence-corrected chi connectivity index (χ2v) is 1.25. The fourth-order valence-electron chi connectivity index (χ4n) is 0.250. The second-order valence-electron chi connectivity index (χ2n) is 1.25. The van der Waals surface area contributed by atoms with Gasteiger partial charge in [-0.25, -0.2) is 0 Å². The molecule has 0 atom stereocenters. The minimum absolute atomic E-state index is 0. The molecule has 2 heteroatoms. The zero-order chi connectivity index (χ0) is 4.99. The maximum absolute atomic E-state index is 10.2. The summed E-state index contributed by atoms with van der Waals surface area (Å²) in [4.78, 5) is 10.2. The predicted octanol–water partition coefficient (Wildman–Crippen LogP) is 0.459. The number of rotatable bonds is 2. The van der Waals surface area contributed by atoms with Crippen molar-refractivity contribution in [2.45, 2.75) is 26.7 Å². The summed E-state index contributed by atoms with van der Waals surface area (Å²) >= 11 is 0. The summed E-state index contributed by atoms with van der Waals surface area (Å²) in [7, 11) is 0. The quantitative estimate of drug-likeness (QED) is 0.494. The van der Waals surface area contributed by atoms with Crippen LogP contribution in [0.5, 0.6) is 0 Å². The fraction of sp³-hybridized carbons (Fsp3) is 0.800. The molecule has 0 radical (unpaired) electrons. The Balaban J connectivity index is 0. The van der Waals surface area contributed by atoms with E-state index in [1.54, 1.807) is 0 Å². The van der Waals surface area contributed by atoms with Gasteiger partial charge in [-0.05, 0) is 0 Å². The number of hydrogen-bond acceptors (Lipinski definition) is 1. The van der Waals surface area contributed by atoms with E-state index in [1.165, 1.54) is 0 Å². The van der Waals surface area contributed by atoms with Crippen LogP contribution in [0.2, 0.25) is 0 Å². The van der Waals surface area contributed by atoms with Gasteiger partial charge in [0.15, 0.2) is 0 Å². The molecule has 40 valence electrons. The van der Waals surface area contributed by atoms with Crippen LogP contribution < -0.4 is 0 Å². The van der Waals surface area contributed by atoms with Gasteiger partial charge < -0.3 is 0 Å². The molecule has 0 aromatic carbocycles. The van der Waals surface area contributed by atoms with Crippen LogP contribution in [0.1, 0.15) is 26.7 Å². The van der Waals surface area contributed by atoms with E-state index in [-0.39, 0.29) is 37.7 Å². The van der Waals surface area contributed by atoms with Crippen molar-refractivity contribution in [3.05, 3.63) is 0 Å². The van der Waals surface area contributed by atoms with Crippen molar-refractivity contribution in [2.24, 2.45) is 0 Å². The van der Waals surface area contributed by atoms with E-state index in [1.807, 2.05) is 13.8 Å². The molecule has 0 aliphatic carbocycles. The van der Waals surface area contributed by atoms with Crippen LogP contribution in [0.25, 0.3) is 0 Å². The van der Waals surface area contributed by atoms with Gasteiger partial charge in [0.05, 0.1) is 0 Å². The van der Waals surface area contributed by atoms with E-state index in [4.69, 9.17) is 0 Å². The van der Waals surface area contributed by atoms with Crippen molar-refractivity contribution in [2.75, 3.05) is 0 Å². The summed E-state index contributed by atoms with van der Waals surface area (Å²) < 4.78 is 0. The summed E-state index contributed by atoms with van der Waals surface area (Å²) in [6.07, 6.45) is 1.38. The van der Waals surface area contributed by atoms with Crippen LogP contribution in [0.4, 0.5) is 0 Å².